The minimum Gasteiger partial charge on any atom is -0.466 e. The third-order valence-corrected chi connectivity index (χ3v) is 4.51. The molecule has 0 aliphatic carbocycles. The number of nitrogens with one attached hydrogen (secondary N) is 2. The van der Waals surface area contributed by atoms with Gasteiger partial charge in [-0.15, -0.1) is 0 Å². The molecule has 2 aromatic carbocycles. The molecule has 2 aromatic rings. The van der Waals surface area contributed by atoms with Crippen LogP contribution in [-0.4, -0.2) is 30.9 Å². The van der Waals surface area contributed by atoms with Crippen LogP contribution in [-0.2, 0) is 19.1 Å². The maximum atomic E-state index is 13.2. The van der Waals surface area contributed by atoms with Crippen LogP contribution in [0.4, 0.5) is 21.5 Å². The first-order chi connectivity index (χ1) is 14.4. The minimum atomic E-state index is -0.528. The van der Waals surface area contributed by atoms with Gasteiger partial charge in [-0.05, 0) is 37.3 Å². The fourth-order valence-corrected chi connectivity index (χ4v) is 3.13. The van der Waals surface area contributed by atoms with E-state index < -0.39 is 23.6 Å². The Labute approximate surface area is 177 Å². The molecule has 3 rings (SSSR count). The average Bonchev–Trinajstić information content (AvgIpc) is 2.81. The van der Waals surface area contributed by atoms with Gasteiger partial charge < -0.3 is 15.4 Å². The van der Waals surface area contributed by atoms with Gasteiger partial charge in [0.2, 0.25) is 5.91 Å². The highest BCUT2D eigenvalue weighted by Gasteiger charge is 2.25. The fourth-order valence-electron chi connectivity index (χ4n) is 2.92. The zero-order chi connectivity index (χ0) is 21.7. The third-order valence-electron chi connectivity index (χ3n) is 4.20. The first-order valence-corrected chi connectivity index (χ1v) is 9.54. The van der Waals surface area contributed by atoms with E-state index in [9.17, 15) is 18.8 Å². The molecule has 0 radical (unpaired) electrons. The zero-order valence-corrected chi connectivity index (χ0v) is 16.8. The zero-order valence-electron chi connectivity index (χ0n) is 16.1. The Bertz CT molecular complexity index is 1030. The van der Waals surface area contributed by atoms with E-state index in [1.807, 2.05) is 0 Å². The summed E-state index contributed by atoms with van der Waals surface area (Å²) in [6.45, 7) is 1.62. The van der Waals surface area contributed by atoms with E-state index in [2.05, 4.69) is 10.6 Å². The Morgan fingerprint density at radius 3 is 2.73 bits per heavy atom. The minimum absolute atomic E-state index is 0.0456. The quantitative estimate of drug-likeness (QED) is 0.681. The van der Waals surface area contributed by atoms with Crippen LogP contribution < -0.4 is 15.5 Å². The van der Waals surface area contributed by atoms with Gasteiger partial charge in [0.25, 0.3) is 5.91 Å². The molecule has 30 heavy (non-hydrogen) atoms. The van der Waals surface area contributed by atoms with Gasteiger partial charge in [0.05, 0.1) is 35.1 Å². The summed E-state index contributed by atoms with van der Waals surface area (Å²) in [5, 5.41) is 5.67. The highest BCUT2D eigenvalue weighted by atomic mass is 35.5. The number of anilines is 3. The van der Waals surface area contributed by atoms with Crippen LogP contribution in [0.3, 0.4) is 0 Å². The summed E-state index contributed by atoms with van der Waals surface area (Å²) in [7, 11) is 0. The Hall–Kier alpha value is -3.39. The molecule has 0 spiro atoms. The lowest BCUT2D eigenvalue weighted by molar-refractivity contribution is -0.142. The summed E-state index contributed by atoms with van der Waals surface area (Å²) in [6, 6.07) is 10.5. The number of amides is 2. The van der Waals surface area contributed by atoms with Crippen LogP contribution >= 0.6 is 11.6 Å². The van der Waals surface area contributed by atoms with Crippen LogP contribution in [0.25, 0.3) is 0 Å². The van der Waals surface area contributed by atoms with Crippen molar-refractivity contribution in [3.63, 3.8) is 0 Å². The number of carbonyl (C=O) groups is 3. The smallest absolute Gasteiger partial charge is 0.311 e. The number of carbonyl (C=O) groups excluding carboxylic acids is 3. The van der Waals surface area contributed by atoms with Gasteiger partial charge in [-0.3, -0.25) is 19.3 Å². The lowest BCUT2D eigenvalue weighted by atomic mass is 10.2. The van der Waals surface area contributed by atoms with E-state index in [-0.39, 0.29) is 30.3 Å². The van der Waals surface area contributed by atoms with E-state index in [0.29, 0.717) is 17.1 Å². The number of benzene rings is 2. The number of hydrogen-bond acceptors (Lipinski definition) is 5. The molecular formula is C21H19ClFN3O4. The Kier molecular flexibility index (Phi) is 6.68. The molecule has 9 heteroatoms. The largest absolute Gasteiger partial charge is 0.466 e. The normalized spacial score (nSPS) is 13.0. The first-order valence-electron chi connectivity index (χ1n) is 9.16. The van der Waals surface area contributed by atoms with Crippen molar-refractivity contribution < 1.29 is 23.5 Å². The van der Waals surface area contributed by atoms with E-state index in [0.717, 1.165) is 6.07 Å². The van der Waals surface area contributed by atoms with E-state index >= 15 is 0 Å². The van der Waals surface area contributed by atoms with Gasteiger partial charge in [0.1, 0.15) is 12.4 Å². The number of fused-ring (bicyclic) bond motifs is 1. The van der Waals surface area contributed by atoms with Crippen LogP contribution in [0.5, 0.6) is 0 Å². The summed E-state index contributed by atoms with van der Waals surface area (Å²) in [5.74, 6) is -2.00. The SMILES string of the molecule is CCOC(=O)CC1=CC(=O)N(CC(=O)Nc2ccc(F)cc2Cl)c2ccccc2N1. The molecule has 1 aliphatic heterocycles. The van der Waals surface area contributed by atoms with Gasteiger partial charge >= 0.3 is 5.97 Å². The number of para-hydroxylation sites is 2. The lowest BCUT2D eigenvalue weighted by Crippen LogP contribution is -2.37. The monoisotopic (exact) mass is 431 g/mol. The number of hydrogen-bond donors (Lipinski definition) is 2. The number of ether oxygens (including phenoxy) is 1. The molecular weight excluding hydrogens is 413 g/mol. The average molecular weight is 432 g/mol. The summed E-state index contributed by atoms with van der Waals surface area (Å²) < 4.78 is 18.1. The van der Waals surface area contributed by atoms with E-state index in [1.165, 1.54) is 23.1 Å². The van der Waals surface area contributed by atoms with E-state index in [1.54, 1.807) is 31.2 Å². The molecule has 0 unspecified atom stereocenters. The molecule has 0 bridgehead atoms. The van der Waals surface area contributed by atoms with Gasteiger partial charge in [-0.1, -0.05) is 23.7 Å². The van der Waals surface area contributed by atoms with Crippen molar-refractivity contribution in [2.75, 3.05) is 28.7 Å². The number of nitrogens with zero attached hydrogens (tertiary/aromatic N) is 1. The van der Waals surface area contributed by atoms with Gasteiger partial charge in [-0.2, -0.15) is 0 Å². The topological polar surface area (TPSA) is 87.7 Å². The maximum absolute atomic E-state index is 13.2. The van der Waals surface area contributed by atoms with Crippen LogP contribution in [0.1, 0.15) is 13.3 Å². The second-order valence-electron chi connectivity index (χ2n) is 6.39. The first kappa shape index (κ1) is 21.3. The summed E-state index contributed by atoms with van der Waals surface area (Å²) in [6.07, 6.45) is 1.15. The molecule has 1 aliphatic rings. The molecule has 0 saturated heterocycles. The predicted octanol–water partition coefficient (Wildman–Crippen LogP) is 3.71. The summed E-state index contributed by atoms with van der Waals surface area (Å²) in [4.78, 5) is 38.5. The van der Waals surface area contributed by atoms with Gasteiger partial charge in [0.15, 0.2) is 0 Å². The van der Waals surface area contributed by atoms with Crippen molar-refractivity contribution in [1.82, 2.24) is 0 Å². The van der Waals surface area contributed by atoms with Crippen LogP contribution in [0, 0.1) is 5.82 Å². The molecule has 2 amide bonds. The van der Waals surface area contributed by atoms with Crippen LogP contribution in [0.2, 0.25) is 5.02 Å². The number of esters is 1. The van der Waals surface area contributed by atoms with Crippen molar-refractivity contribution in [2.24, 2.45) is 0 Å². The lowest BCUT2D eigenvalue weighted by Gasteiger charge is -2.22. The van der Waals surface area contributed by atoms with Crippen molar-refractivity contribution in [3.05, 3.63) is 65.1 Å². The summed E-state index contributed by atoms with van der Waals surface area (Å²) >= 11 is 5.95. The molecule has 0 aromatic heterocycles. The second-order valence-corrected chi connectivity index (χ2v) is 6.80. The maximum Gasteiger partial charge on any atom is 0.311 e. The molecule has 0 saturated carbocycles. The Balaban J connectivity index is 1.82. The fraction of sp³-hybridized carbons (Fsp3) is 0.190. The van der Waals surface area contributed by atoms with Crippen molar-refractivity contribution in [1.29, 1.82) is 0 Å². The number of halogens is 2. The Morgan fingerprint density at radius 2 is 2.00 bits per heavy atom. The van der Waals surface area contributed by atoms with Gasteiger partial charge in [0, 0.05) is 11.8 Å². The summed E-state index contributed by atoms with van der Waals surface area (Å²) in [5.41, 5.74) is 1.62. The highest BCUT2D eigenvalue weighted by molar-refractivity contribution is 6.33. The van der Waals surface area contributed by atoms with Crippen molar-refractivity contribution in [3.8, 4) is 0 Å². The van der Waals surface area contributed by atoms with E-state index in [4.69, 9.17) is 16.3 Å². The highest BCUT2D eigenvalue weighted by Crippen LogP contribution is 2.30. The second kappa shape index (κ2) is 9.41. The number of rotatable bonds is 6. The molecule has 1 heterocycles. The Morgan fingerprint density at radius 1 is 1.23 bits per heavy atom. The third kappa shape index (κ3) is 5.15. The van der Waals surface area contributed by atoms with Crippen LogP contribution in [0.15, 0.2) is 54.2 Å². The predicted molar refractivity (Wildman–Crippen MR) is 112 cm³/mol. The van der Waals surface area contributed by atoms with Crippen molar-refractivity contribution in [2.45, 2.75) is 13.3 Å². The van der Waals surface area contributed by atoms with Gasteiger partial charge in [-0.25, -0.2) is 4.39 Å². The molecule has 0 atom stereocenters. The molecule has 156 valence electrons. The standard InChI is InChI=1S/C21H19ClFN3O4/c1-2-30-21(29)11-14-10-20(28)26(18-6-4-3-5-17(18)24-14)12-19(27)25-16-8-7-13(23)9-15(16)22/h3-10,24H,2,11-12H2,1H3,(H,25,27). The van der Waals surface area contributed by atoms with Crippen molar-refractivity contribution >= 4 is 46.4 Å². The molecule has 7 nitrogen and oxygen atoms in total. The molecule has 0 fully saturated rings. The molecule has 2 N–H and O–H groups in total.